The van der Waals surface area contributed by atoms with Gasteiger partial charge in [-0.1, -0.05) is 6.07 Å². The van der Waals surface area contributed by atoms with Gasteiger partial charge in [0.05, 0.1) is 13.2 Å². The molecule has 0 radical (unpaired) electrons. The smallest absolute Gasteiger partial charge is 0.224 e. The summed E-state index contributed by atoms with van der Waals surface area (Å²) in [5.41, 5.74) is 0. The Bertz CT molecular complexity index is 654. The number of aliphatic imine (C=N–C) groups is 1. The first kappa shape index (κ1) is 21.4. The maximum Gasteiger partial charge on any atom is 0.224 e. The number of hydrogen-bond donors (Lipinski definition) is 1. The number of piperazine rings is 1. The van der Waals surface area contributed by atoms with E-state index in [0.717, 1.165) is 70.7 Å². The third-order valence-corrected chi connectivity index (χ3v) is 5.45. The second kappa shape index (κ2) is 11.0. The lowest BCUT2D eigenvalue weighted by Gasteiger charge is -2.35. The molecule has 2 aliphatic rings. The molecule has 1 aromatic rings. The first-order chi connectivity index (χ1) is 14.2. The molecule has 0 aliphatic carbocycles. The average molecular weight is 403 g/mol. The molecule has 8 heteroatoms. The highest BCUT2D eigenvalue weighted by Crippen LogP contribution is 2.14. The summed E-state index contributed by atoms with van der Waals surface area (Å²) in [7, 11) is 2.05. The number of ether oxygens (including phenoxy) is 1. The van der Waals surface area contributed by atoms with Gasteiger partial charge in [-0.3, -0.25) is 9.79 Å². The van der Waals surface area contributed by atoms with Crippen molar-refractivity contribution in [2.75, 3.05) is 71.0 Å². The van der Waals surface area contributed by atoms with Crippen molar-refractivity contribution in [3.63, 3.8) is 0 Å². The van der Waals surface area contributed by atoms with Crippen molar-refractivity contribution in [3.05, 3.63) is 24.4 Å². The topological polar surface area (TPSA) is 73.3 Å². The van der Waals surface area contributed by atoms with E-state index in [0.29, 0.717) is 18.9 Å². The Balaban J connectivity index is 1.43. The van der Waals surface area contributed by atoms with Crippen molar-refractivity contribution in [2.45, 2.75) is 19.8 Å². The zero-order valence-electron chi connectivity index (χ0n) is 17.7. The van der Waals surface area contributed by atoms with Gasteiger partial charge in [0.15, 0.2) is 5.96 Å². The summed E-state index contributed by atoms with van der Waals surface area (Å²) in [4.78, 5) is 28.0. The van der Waals surface area contributed by atoms with Crippen molar-refractivity contribution < 1.29 is 9.53 Å². The number of guanidine groups is 1. The van der Waals surface area contributed by atoms with Gasteiger partial charge in [-0.15, -0.1) is 0 Å². The zero-order valence-corrected chi connectivity index (χ0v) is 17.7. The number of rotatable bonds is 7. The van der Waals surface area contributed by atoms with Crippen molar-refractivity contribution in [2.24, 2.45) is 10.9 Å². The van der Waals surface area contributed by atoms with E-state index in [4.69, 9.17) is 4.74 Å². The molecule has 0 bridgehead atoms. The van der Waals surface area contributed by atoms with Crippen LogP contribution in [0.3, 0.4) is 0 Å². The van der Waals surface area contributed by atoms with Crippen molar-refractivity contribution in [1.82, 2.24) is 20.1 Å². The minimum atomic E-state index is 0.178. The average Bonchev–Trinajstić information content (AvgIpc) is 3.27. The summed E-state index contributed by atoms with van der Waals surface area (Å²) in [6.45, 7) is 9.11. The lowest BCUT2D eigenvalue weighted by molar-refractivity contribution is -0.131. The van der Waals surface area contributed by atoms with Crippen molar-refractivity contribution >= 4 is 17.7 Å². The van der Waals surface area contributed by atoms with E-state index in [1.807, 2.05) is 29.3 Å². The van der Waals surface area contributed by atoms with Gasteiger partial charge in [-0.25, -0.2) is 4.98 Å². The third kappa shape index (κ3) is 6.32. The van der Waals surface area contributed by atoms with Crippen LogP contribution in [0.5, 0.6) is 0 Å². The molecule has 2 fully saturated rings. The van der Waals surface area contributed by atoms with E-state index >= 15 is 0 Å². The first-order valence-corrected chi connectivity index (χ1v) is 10.7. The van der Waals surface area contributed by atoms with Gasteiger partial charge in [0.25, 0.3) is 0 Å². The molecule has 2 saturated heterocycles. The number of amides is 1. The standard InChI is InChI=1S/C21H34N6O2/c1-3-22-21(25(2)16-18-8-15-29-17-18)24-10-7-20(28)27-13-11-26(12-14-27)19-6-4-5-9-23-19/h4-6,9,18H,3,7-8,10-17H2,1-2H3,(H,22,24). The van der Waals surface area contributed by atoms with Gasteiger partial charge in [0.1, 0.15) is 5.82 Å². The number of nitrogens with one attached hydrogen (secondary N) is 1. The second-order valence-corrected chi connectivity index (χ2v) is 7.65. The summed E-state index contributed by atoms with van der Waals surface area (Å²) in [5.74, 6) is 2.58. The highest BCUT2D eigenvalue weighted by atomic mass is 16.5. The lowest BCUT2D eigenvalue weighted by atomic mass is 10.1. The Morgan fingerprint density at radius 1 is 1.34 bits per heavy atom. The number of aromatic nitrogens is 1. The molecule has 8 nitrogen and oxygen atoms in total. The van der Waals surface area contributed by atoms with Gasteiger partial charge in [-0.05, 0) is 25.5 Å². The Morgan fingerprint density at radius 3 is 2.83 bits per heavy atom. The van der Waals surface area contributed by atoms with Crippen molar-refractivity contribution in [3.8, 4) is 0 Å². The maximum atomic E-state index is 12.6. The molecule has 1 N–H and O–H groups in total. The van der Waals surface area contributed by atoms with Crippen LogP contribution in [0, 0.1) is 5.92 Å². The third-order valence-electron chi connectivity index (χ3n) is 5.45. The SMILES string of the molecule is CCNC(=NCCC(=O)N1CCN(c2ccccn2)CC1)N(C)CC1CCOC1. The fraction of sp³-hybridized carbons (Fsp3) is 0.667. The minimum absolute atomic E-state index is 0.178. The first-order valence-electron chi connectivity index (χ1n) is 10.7. The Hall–Kier alpha value is -2.35. The van der Waals surface area contributed by atoms with Crippen LogP contribution in [0.25, 0.3) is 0 Å². The molecule has 29 heavy (non-hydrogen) atoms. The molecule has 3 heterocycles. The summed E-state index contributed by atoms with van der Waals surface area (Å²) in [5, 5.41) is 3.33. The normalized spacial score (nSPS) is 20.1. The molecular weight excluding hydrogens is 368 g/mol. The van der Waals surface area contributed by atoms with Crippen LogP contribution >= 0.6 is 0 Å². The van der Waals surface area contributed by atoms with Crippen LogP contribution in [0.1, 0.15) is 19.8 Å². The van der Waals surface area contributed by atoms with Crippen LogP contribution in [0.2, 0.25) is 0 Å². The van der Waals surface area contributed by atoms with Gasteiger partial charge < -0.3 is 24.8 Å². The molecule has 1 unspecified atom stereocenters. The van der Waals surface area contributed by atoms with Crippen LogP contribution in [-0.4, -0.2) is 92.7 Å². The molecule has 160 valence electrons. The van der Waals surface area contributed by atoms with E-state index in [9.17, 15) is 4.79 Å². The van der Waals surface area contributed by atoms with Crippen LogP contribution < -0.4 is 10.2 Å². The number of hydrogen-bond acceptors (Lipinski definition) is 5. The second-order valence-electron chi connectivity index (χ2n) is 7.65. The molecule has 1 aromatic heterocycles. The molecule has 2 aliphatic heterocycles. The van der Waals surface area contributed by atoms with Crippen LogP contribution in [0.15, 0.2) is 29.4 Å². The van der Waals surface area contributed by atoms with Crippen molar-refractivity contribution in [1.29, 1.82) is 0 Å². The number of carbonyl (C=O) groups excluding carboxylic acids is 1. The van der Waals surface area contributed by atoms with E-state index in [-0.39, 0.29) is 5.91 Å². The fourth-order valence-corrected chi connectivity index (χ4v) is 3.81. The Kier molecular flexibility index (Phi) is 8.10. The minimum Gasteiger partial charge on any atom is -0.381 e. The highest BCUT2D eigenvalue weighted by Gasteiger charge is 2.22. The molecule has 0 saturated carbocycles. The summed E-state index contributed by atoms with van der Waals surface area (Å²) >= 11 is 0. The quantitative estimate of drug-likeness (QED) is 0.543. The Morgan fingerprint density at radius 2 is 2.17 bits per heavy atom. The van der Waals surface area contributed by atoms with E-state index < -0.39 is 0 Å². The fourth-order valence-electron chi connectivity index (χ4n) is 3.81. The molecule has 3 rings (SSSR count). The highest BCUT2D eigenvalue weighted by molar-refractivity contribution is 5.81. The summed E-state index contributed by atoms with van der Waals surface area (Å²) in [6.07, 6.45) is 3.36. The molecule has 1 amide bonds. The monoisotopic (exact) mass is 402 g/mol. The number of pyridine rings is 1. The number of carbonyl (C=O) groups is 1. The van der Waals surface area contributed by atoms with E-state index in [2.05, 4.69) is 39.1 Å². The predicted molar refractivity (Wildman–Crippen MR) is 115 cm³/mol. The van der Waals surface area contributed by atoms with E-state index in [1.54, 1.807) is 0 Å². The molecular formula is C21H34N6O2. The maximum absolute atomic E-state index is 12.6. The van der Waals surface area contributed by atoms with E-state index in [1.165, 1.54) is 0 Å². The van der Waals surface area contributed by atoms with Crippen LogP contribution in [-0.2, 0) is 9.53 Å². The molecule has 0 spiro atoms. The summed E-state index contributed by atoms with van der Waals surface area (Å²) in [6, 6.07) is 5.93. The Labute approximate surface area is 173 Å². The lowest BCUT2D eigenvalue weighted by Crippen LogP contribution is -2.49. The summed E-state index contributed by atoms with van der Waals surface area (Å²) < 4.78 is 5.47. The van der Waals surface area contributed by atoms with Gasteiger partial charge in [0, 0.05) is 71.5 Å². The predicted octanol–water partition coefficient (Wildman–Crippen LogP) is 1.05. The number of anilines is 1. The van der Waals surface area contributed by atoms with Crippen LogP contribution in [0.4, 0.5) is 5.82 Å². The zero-order chi connectivity index (χ0) is 20.5. The number of nitrogens with zero attached hydrogens (tertiary/aromatic N) is 5. The van der Waals surface area contributed by atoms with Gasteiger partial charge in [0.2, 0.25) is 5.91 Å². The molecule has 0 aromatic carbocycles. The largest absolute Gasteiger partial charge is 0.381 e. The van der Waals surface area contributed by atoms with Gasteiger partial charge >= 0.3 is 0 Å². The van der Waals surface area contributed by atoms with Gasteiger partial charge in [-0.2, -0.15) is 0 Å². The molecule has 1 atom stereocenters.